The van der Waals surface area contributed by atoms with Crippen molar-refractivity contribution in [2.75, 3.05) is 0 Å². The minimum absolute atomic E-state index is 0.327. The predicted molar refractivity (Wildman–Crippen MR) is 89.3 cm³/mol. The van der Waals surface area contributed by atoms with E-state index in [1.807, 2.05) is 36.4 Å². The van der Waals surface area contributed by atoms with Gasteiger partial charge in [0.15, 0.2) is 0 Å². The van der Waals surface area contributed by atoms with Crippen molar-refractivity contribution in [3.8, 4) is 0 Å². The molecule has 120 valence electrons. The second kappa shape index (κ2) is 7.58. The number of carboxylic acid groups (broad SMARTS) is 1. The first-order valence-corrected chi connectivity index (χ1v) is 7.72. The lowest BCUT2D eigenvalue weighted by Crippen LogP contribution is -2.54. The highest BCUT2D eigenvalue weighted by Gasteiger charge is 2.38. The molecule has 2 aromatic rings. The predicted octanol–water partition coefficient (Wildman–Crippen LogP) is 3.28. The van der Waals surface area contributed by atoms with Crippen molar-refractivity contribution in [3.63, 3.8) is 0 Å². The zero-order valence-electron chi connectivity index (χ0n) is 13.2. The Kier molecular flexibility index (Phi) is 5.52. The molecular weight excluding hydrogens is 290 g/mol. The summed E-state index contributed by atoms with van der Waals surface area (Å²) in [6.45, 7) is 1.78. The van der Waals surface area contributed by atoms with Gasteiger partial charge in [0.1, 0.15) is 5.54 Å². The van der Waals surface area contributed by atoms with E-state index in [0.29, 0.717) is 24.8 Å². The quantitative estimate of drug-likeness (QED) is 0.824. The minimum Gasteiger partial charge on any atom is -0.480 e. The molecular formula is C19H21NO3. The van der Waals surface area contributed by atoms with E-state index in [1.165, 1.54) is 0 Å². The maximum Gasteiger partial charge on any atom is 0.329 e. The first-order chi connectivity index (χ1) is 11.1. The van der Waals surface area contributed by atoms with E-state index in [9.17, 15) is 14.7 Å². The van der Waals surface area contributed by atoms with Crippen LogP contribution in [0.2, 0.25) is 0 Å². The summed E-state index contributed by atoms with van der Waals surface area (Å²) in [4.78, 5) is 24.2. The minimum atomic E-state index is -1.26. The van der Waals surface area contributed by atoms with Gasteiger partial charge in [0.2, 0.25) is 0 Å². The molecule has 2 N–H and O–H groups in total. The van der Waals surface area contributed by atoms with Crippen molar-refractivity contribution in [3.05, 3.63) is 71.8 Å². The monoisotopic (exact) mass is 311 g/mol. The second-order valence-corrected chi connectivity index (χ2v) is 5.55. The largest absolute Gasteiger partial charge is 0.480 e. The van der Waals surface area contributed by atoms with E-state index in [4.69, 9.17) is 0 Å². The molecule has 0 saturated heterocycles. The van der Waals surface area contributed by atoms with Gasteiger partial charge in [0, 0.05) is 5.56 Å². The van der Waals surface area contributed by atoms with Crippen molar-refractivity contribution in [2.24, 2.45) is 0 Å². The number of nitrogens with one attached hydrogen (secondary N) is 1. The van der Waals surface area contributed by atoms with Crippen LogP contribution in [-0.4, -0.2) is 22.5 Å². The maximum atomic E-state index is 12.4. The van der Waals surface area contributed by atoms with E-state index < -0.39 is 11.5 Å². The highest BCUT2D eigenvalue weighted by molar-refractivity contribution is 5.97. The lowest BCUT2D eigenvalue weighted by atomic mass is 9.88. The van der Waals surface area contributed by atoms with Gasteiger partial charge in [-0.15, -0.1) is 0 Å². The fourth-order valence-corrected chi connectivity index (χ4v) is 2.52. The molecule has 1 unspecified atom stereocenters. The number of benzene rings is 2. The van der Waals surface area contributed by atoms with Crippen LogP contribution < -0.4 is 5.32 Å². The van der Waals surface area contributed by atoms with Crippen LogP contribution in [0.25, 0.3) is 0 Å². The van der Waals surface area contributed by atoms with Gasteiger partial charge in [-0.2, -0.15) is 0 Å². The van der Waals surface area contributed by atoms with Crippen LogP contribution in [0.15, 0.2) is 60.7 Å². The van der Waals surface area contributed by atoms with Gasteiger partial charge in [-0.25, -0.2) is 4.79 Å². The Balaban J connectivity index is 2.15. The number of amides is 1. The number of hydrogen-bond acceptors (Lipinski definition) is 2. The third-order valence-electron chi connectivity index (χ3n) is 4.08. The first-order valence-electron chi connectivity index (χ1n) is 7.72. The van der Waals surface area contributed by atoms with Gasteiger partial charge in [0.25, 0.3) is 5.91 Å². The van der Waals surface area contributed by atoms with Gasteiger partial charge < -0.3 is 10.4 Å². The van der Waals surface area contributed by atoms with Crippen LogP contribution in [0, 0.1) is 0 Å². The lowest BCUT2D eigenvalue weighted by molar-refractivity contribution is -0.145. The van der Waals surface area contributed by atoms with Crippen molar-refractivity contribution < 1.29 is 14.7 Å². The number of rotatable bonds is 7. The SMILES string of the molecule is CCC(CCc1ccccc1)(NC(=O)c1ccccc1)C(=O)O. The summed E-state index contributed by atoms with van der Waals surface area (Å²) < 4.78 is 0. The van der Waals surface area contributed by atoms with Crippen LogP contribution in [0.5, 0.6) is 0 Å². The average molecular weight is 311 g/mol. The molecule has 4 heteroatoms. The molecule has 2 aromatic carbocycles. The second-order valence-electron chi connectivity index (χ2n) is 5.55. The number of carbonyl (C=O) groups excluding carboxylic acids is 1. The molecule has 0 aliphatic rings. The Labute approximate surface area is 136 Å². The van der Waals surface area contributed by atoms with E-state index >= 15 is 0 Å². The topological polar surface area (TPSA) is 66.4 Å². The normalized spacial score (nSPS) is 13.1. The maximum absolute atomic E-state index is 12.4. The van der Waals surface area contributed by atoms with Crippen molar-refractivity contribution in [2.45, 2.75) is 31.7 Å². The number of aryl methyl sites for hydroxylation is 1. The van der Waals surface area contributed by atoms with Crippen LogP contribution >= 0.6 is 0 Å². The molecule has 0 aromatic heterocycles. The van der Waals surface area contributed by atoms with Crippen LogP contribution in [0.1, 0.15) is 35.7 Å². The number of hydrogen-bond donors (Lipinski definition) is 2. The van der Waals surface area contributed by atoms with E-state index in [-0.39, 0.29) is 5.91 Å². The molecule has 1 amide bonds. The van der Waals surface area contributed by atoms with Crippen LogP contribution in [0.4, 0.5) is 0 Å². The number of carboxylic acids is 1. The fraction of sp³-hybridized carbons (Fsp3) is 0.263. The van der Waals surface area contributed by atoms with Gasteiger partial charge in [0.05, 0.1) is 0 Å². The third kappa shape index (κ3) is 4.19. The molecule has 0 bridgehead atoms. The zero-order valence-corrected chi connectivity index (χ0v) is 13.2. The Morgan fingerprint density at radius 2 is 1.57 bits per heavy atom. The Morgan fingerprint density at radius 3 is 2.09 bits per heavy atom. The molecule has 0 aliphatic carbocycles. The summed E-state index contributed by atoms with van der Waals surface area (Å²) in [5.41, 5.74) is 0.259. The summed E-state index contributed by atoms with van der Waals surface area (Å²) in [5.74, 6) is -1.36. The van der Waals surface area contributed by atoms with E-state index in [1.54, 1.807) is 31.2 Å². The molecule has 0 fully saturated rings. The summed E-state index contributed by atoms with van der Waals surface area (Å²) in [6.07, 6.45) is 1.27. The van der Waals surface area contributed by atoms with Crippen LogP contribution in [0.3, 0.4) is 0 Å². The Bertz CT molecular complexity index is 655. The molecule has 0 aliphatic heterocycles. The van der Waals surface area contributed by atoms with Gasteiger partial charge in [-0.1, -0.05) is 55.5 Å². The molecule has 23 heavy (non-hydrogen) atoms. The Hall–Kier alpha value is -2.62. The van der Waals surface area contributed by atoms with E-state index in [2.05, 4.69) is 5.32 Å². The lowest BCUT2D eigenvalue weighted by Gasteiger charge is -2.29. The average Bonchev–Trinajstić information content (AvgIpc) is 2.60. The van der Waals surface area contributed by atoms with Crippen molar-refractivity contribution in [1.29, 1.82) is 0 Å². The summed E-state index contributed by atoms with van der Waals surface area (Å²) in [6, 6.07) is 18.4. The van der Waals surface area contributed by atoms with Crippen molar-refractivity contribution >= 4 is 11.9 Å². The van der Waals surface area contributed by atoms with Crippen molar-refractivity contribution in [1.82, 2.24) is 5.32 Å². The van der Waals surface area contributed by atoms with Gasteiger partial charge in [-0.05, 0) is 37.0 Å². The molecule has 1 atom stereocenters. The smallest absolute Gasteiger partial charge is 0.329 e. The highest BCUT2D eigenvalue weighted by atomic mass is 16.4. The summed E-state index contributed by atoms with van der Waals surface area (Å²) in [5, 5.41) is 12.4. The molecule has 0 spiro atoms. The van der Waals surface area contributed by atoms with E-state index in [0.717, 1.165) is 5.56 Å². The first kappa shape index (κ1) is 16.7. The molecule has 4 nitrogen and oxygen atoms in total. The number of carbonyl (C=O) groups is 2. The zero-order chi connectivity index (χ0) is 16.7. The highest BCUT2D eigenvalue weighted by Crippen LogP contribution is 2.20. The standard InChI is InChI=1S/C19H21NO3/c1-2-19(18(22)23,14-13-15-9-5-3-6-10-15)20-17(21)16-11-7-4-8-12-16/h3-12H,2,13-14H2,1H3,(H,20,21)(H,22,23). The van der Waals surface area contributed by atoms with Gasteiger partial charge in [-0.3, -0.25) is 4.79 Å². The third-order valence-corrected chi connectivity index (χ3v) is 4.08. The molecule has 0 radical (unpaired) electrons. The molecule has 2 rings (SSSR count). The summed E-state index contributed by atoms with van der Waals surface area (Å²) >= 11 is 0. The summed E-state index contributed by atoms with van der Waals surface area (Å²) in [7, 11) is 0. The van der Waals surface area contributed by atoms with Gasteiger partial charge >= 0.3 is 5.97 Å². The molecule has 0 saturated carbocycles. The number of aliphatic carboxylic acids is 1. The molecule has 0 heterocycles. The fourth-order valence-electron chi connectivity index (χ4n) is 2.52. The van der Waals surface area contributed by atoms with Crippen LogP contribution in [-0.2, 0) is 11.2 Å². The Morgan fingerprint density at radius 1 is 1.00 bits per heavy atom.